The summed E-state index contributed by atoms with van der Waals surface area (Å²) >= 11 is 5.75. The van der Waals surface area contributed by atoms with Crippen LogP contribution >= 0.6 is 11.6 Å². The van der Waals surface area contributed by atoms with Gasteiger partial charge in [-0.3, -0.25) is 0 Å². The second-order valence-corrected chi connectivity index (χ2v) is 7.95. The summed E-state index contributed by atoms with van der Waals surface area (Å²) in [6.07, 6.45) is 4.11. The lowest BCUT2D eigenvalue weighted by Gasteiger charge is -2.07. The molecule has 25 heavy (non-hydrogen) atoms. The first-order chi connectivity index (χ1) is 12.1. The van der Waals surface area contributed by atoms with Crippen LogP contribution in [0.1, 0.15) is 24.0 Å². The number of nitriles is 1. The molecule has 0 amide bonds. The predicted molar refractivity (Wildman–Crippen MR) is 99.3 cm³/mol. The minimum atomic E-state index is -3.69. The number of hydrogen-bond donors (Lipinski definition) is 0. The average molecular weight is 373 g/mol. The van der Waals surface area contributed by atoms with Gasteiger partial charge in [0, 0.05) is 17.5 Å². The summed E-state index contributed by atoms with van der Waals surface area (Å²) < 4.78 is 27.4. The first kappa shape index (κ1) is 17.5. The Labute approximate surface area is 152 Å². The van der Waals surface area contributed by atoms with E-state index in [1.54, 1.807) is 54.7 Å². The van der Waals surface area contributed by atoms with Crippen molar-refractivity contribution in [2.24, 2.45) is 0 Å². The molecule has 0 bridgehead atoms. The van der Waals surface area contributed by atoms with Crippen LogP contribution in [0, 0.1) is 11.3 Å². The lowest BCUT2D eigenvalue weighted by Crippen LogP contribution is -2.11. The quantitative estimate of drug-likeness (QED) is 0.478. The minimum absolute atomic E-state index is 0.239. The van der Waals surface area contributed by atoms with Gasteiger partial charge in [-0.25, -0.2) is 12.4 Å². The van der Waals surface area contributed by atoms with E-state index in [0.717, 1.165) is 30.2 Å². The van der Waals surface area contributed by atoms with E-state index in [1.165, 1.54) is 3.97 Å². The van der Waals surface area contributed by atoms with E-state index in [2.05, 4.69) is 6.07 Å². The third kappa shape index (κ3) is 3.41. The Kier molecular flexibility index (Phi) is 5.12. The Morgan fingerprint density at radius 3 is 2.52 bits per heavy atom. The molecule has 3 rings (SSSR count). The van der Waals surface area contributed by atoms with Gasteiger partial charge < -0.3 is 0 Å². The van der Waals surface area contributed by atoms with Gasteiger partial charge in [-0.2, -0.15) is 5.26 Å². The number of rotatable bonds is 6. The summed E-state index contributed by atoms with van der Waals surface area (Å²) in [6.45, 7) is 0. The van der Waals surface area contributed by atoms with Crippen LogP contribution in [0.2, 0.25) is 0 Å². The second-order valence-electron chi connectivity index (χ2n) is 5.76. The number of benzene rings is 2. The summed E-state index contributed by atoms with van der Waals surface area (Å²) in [5.41, 5.74) is 2.02. The van der Waals surface area contributed by atoms with Crippen molar-refractivity contribution >= 4 is 32.5 Å². The van der Waals surface area contributed by atoms with Crippen LogP contribution in [0.5, 0.6) is 0 Å². The molecule has 128 valence electrons. The zero-order valence-electron chi connectivity index (χ0n) is 13.5. The predicted octanol–water partition coefficient (Wildman–Crippen LogP) is 4.31. The number of halogens is 1. The monoisotopic (exact) mass is 372 g/mol. The molecule has 1 heterocycles. The molecule has 0 aliphatic carbocycles. The van der Waals surface area contributed by atoms with Crippen molar-refractivity contribution in [2.75, 3.05) is 5.88 Å². The van der Waals surface area contributed by atoms with Crippen molar-refractivity contribution in [1.82, 2.24) is 3.97 Å². The number of alkyl halides is 1. The maximum atomic E-state index is 13.0. The molecule has 0 N–H and O–H groups in total. The molecular weight excluding hydrogens is 356 g/mol. The number of aryl methyl sites for hydroxylation is 1. The van der Waals surface area contributed by atoms with Crippen LogP contribution in [-0.4, -0.2) is 18.3 Å². The highest BCUT2D eigenvalue weighted by Gasteiger charge is 2.21. The van der Waals surface area contributed by atoms with Crippen molar-refractivity contribution in [2.45, 2.75) is 24.2 Å². The molecule has 3 aromatic rings. The molecule has 0 saturated carbocycles. The van der Waals surface area contributed by atoms with E-state index in [-0.39, 0.29) is 4.90 Å². The summed E-state index contributed by atoms with van der Waals surface area (Å²) in [4.78, 5) is 0.239. The molecule has 0 radical (unpaired) electrons. The molecule has 4 nitrogen and oxygen atoms in total. The highest BCUT2D eigenvalue weighted by Crippen LogP contribution is 2.28. The molecular formula is C19H17ClN2O2S. The lowest BCUT2D eigenvalue weighted by atomic mass is 10.1. The highest BCUT2D eigenvalue weighted by atomic mass is 35.5. The van der Waals surface area contributed by atoms with E-state index in [0.29, 0.717) is 17.0 Å². The van der Waals surface area contributed by atoms with Gasteiger partial charge in [-0.1, -0.05) is 18.2 Å². The molecule has 6 heteroatoms. The van der Waals surface area contributed by atoms with Gasteiger partial charge in [0.25, 0.3) is 10.0 Å². The smallest absolute Gasteiger partial charge is 0.241 e. The molecule has 0 aliphatic heterocycles. The molecule has 0 aliphatic rings. The van der Waals surface area contributed by atoms with Gasteiger partial charge in [-0.15, -0.1) is 11.6 Å². The van der Waals surface area contributed by atoms with Gasteiger partial charge in [-0.05, 0) is 55.2 Å². The fourth-order valence-corrected chi connectivity index (χ4v) is 4.45. The van der Waals surface area contributed by atoms with Crippen LogP contribution in [0.25, 0.3) is 10.9 Å². The van der Waals surface area contributed by atoms with Crippen molar-refractivity contribution in [1.29, 1.82) is 5.26 Å². The Bertz CT molecular complexity index is 1030. The first-order valence-electron chi connectivity index (χ1n) is 7.98. The third-order valence-corrected chi connectivity index (χ3v) is 6.07. The third-order valence-electron chi connectivity index (χ3n) is 4.11. The molecule has 0 spiro atoms. The van der Waals surface area contributed by atoms with Gasteiger partial charge in [0.05, 0.1) is 22.0 Å². The lowest BCUT2D eigenvalue weighted by molar-refractivity contribution is 0.589. The average Bonchev–Trinajstić information content (AvgIpc) is 3.01. The Hall–Kier alpha value is -2.29. The number of fused-ring (bicyclic) bond motifs is 1. The standard InChI is InChI=1S/C19H17ClN2O2S/c20-11-5-4-6-16-14-22(19-10-9-15(13-21)12-18(16)19)25(23,24)17-7-2-1-3-8-17/h1-3,7-10,12,14H,4-6,11H2. The van der Waals surface area contributed by atoms with E-state index in [9.17, 15) is 8.42 Å². The van der Waals surface area contributed by atoms with E-state index in [1.807, 2.05) is 0 Å². The fraction of sp³-hybridized carbons (Fsp3) is 0.211. The molecule has 1 aromatic heterocycles. The topological polar surface area (TPSA) is 62.9 Å². The minimum Gasteiger partial charge on any atom is -0.241 e. The first-order valence-corrected chi connectivity index (χ1v) is 9.96. The fourth-order valence-electron chi connectivity index (χ4n) is 2.85. The Morgan fingerprint density at radius 1 is 1.08 bits per heavy atom. The molecule has 0 atom stereocenters. The number of unbranched alkanes of at least 4 members (excludes halogenated alkanes) is 1. The van der Waals surface area contributed by atoms with E-state index < -0.39 is 10.0 Å². The van der Waals surface area contributed by atoms with E-state index in [4.69, 9.17) is 16.9 Å². The SMILES string of the molecule is N#Cc1ccc2c(c1)c(CCCCCl)cn2S(=O)(=O)c1ccccc1. The van der Waals surface area contributed by atoms with Crippen molar-refractivity contribution in [3.8, 4) is 6.07 Å². The van der Waals surface area contributed by atoms with Gasteiger partial charge in [0.1, 0.15) is 0 Å². The van der Waals surface area contributed by atoms with Crippen LogP contribution in [0.4, 0.5) is 0 Å². The van der Waals surface area contributed by atoms with Crippen LogP contribution in [0.3, 0.4) is 0 Å². The summed E-state index contributed by atoms with van der Waals surface area (Å²) in [6, 6.07) is 15.5. The highest BCUT2D eigenvalue weighted by molar-refractivity contribution is 7.90. The largest absolute Gasteiger partial charge is 0.268 e. The number of nitrogens with zero attached hydrogens (tertiary/aromatic N) is 2. The van der Waals surface area contributed by atoms with Crippen LogP contribution in [0.15, 0.2) is 59.6 Å². The summed E-state index contributed by atoms with van der Waals surface area (Å²) in [5, 5.41) is 9.95. The Balaban J connectivity index is 2.17. The van der Waals surface area contributed by atoms with Crippen molar-refractivity contribution in [3.05, 3.63) is 65.9 Å². The summed E-state index contributed by atoms with van der Waals surface area (Å²) in [7, 11) is -3.69. The normalized spacial score (nSPS) is 11.5. The Morgan fingerprint density at radius 2 is 1.84 bits per heavy atom. The number of aromatic nitrogens is 1. The number of hydrogen-bond acceptors (Lipinski definition) is 3. The molecule has 0 saturated heterocycles. The zero-order chi connectivity index (χ0) is 17.9. The molecule has 2 aromatic carbocycles. The van der Waals surface area contributed by atoms with Gasteiger partial charge in [0.15, 0.2) is 0 Å². The molecule has 0 fully saturated rings. The van der Waals surface area contributed by atoms with Gasteiger partial charge >= 0.3 is 0 Å². The van der Waals surface area contributed by atoms with Gasteiger partial charge in [0.2, 0.25) is 0 Å². The maximum absolute atomic E-state index is 13.0. The summed E-state index contributed by atoms with van der Waals surface area (Å²) in [5.74, 6) is 0.574. The van der Waals surface area contributed by atoms with E-state index >= 15 is 0 Å². The maximum Gasteiger partial charge on any atom is 0.268 e. The van der Waals surface area contributed by atoms with Crippen LogP contribution in [-0.2, 0) is 16.4 Å². The molecule has 0 unspecified atom stereocenters. The van der Waals surface area contributed by atoms with Crippen molar-refractivity contribution < 1.29 is 8.42 Å². The zero-order valence-corrected chi connectivity index (χ0v) is 15.1. The van der Waals surface area contributed by atoms with Crippen LogP contribution < -0.4 is 0 Å². The van der Waals surface area contributed by atoms with Crippen molar-refractivity contribution in [3.63, 3.8) is 0 Å². The second kappa shape index (κ2) is 7.30.